The Balaban J connectivity index is 0. The summed E-state index contributed by atoms with van der Waals surface area (Å²) in [6.07, 6.45) is 1.93. The lowest BCUT2D eigenvalue weighted by Gasteiger charge is -1.85. The van der Waals surface area contributed by atoms with Crippen molar-refractivity contribution in [2.75, 3.05) is 7.11 Å². The van der Waals surface area contributed by atoms with Gasteiger partial charge in [0, 0.05) is 0 Å². The van der Waals surface area contributed by atoms with Crippen LogP contribution in [0.15, 0.2) is 10.3 Å². The van der Waals surface area contributed by atoms with Crippen LogP contribution in [0.2, 0.25) is 0 Å². The van der Waals surface area contributed by atoms with Crippen LogP contribution in [0, 0.1) is 0 Å². The van der Waals surface area contributed by atoms with E-state index in [1.165, 1.54) is 20.2 Å². The van der Waals surface area contributed by atoms with Crippen LogP contribution in [0.4, 0.5) is 0 Å². The Morgan fingerprint density at radius 3 is 2.36 bits per heavy atom. The molecule has 0 unspecified atom stereocenters. The Kier molecular flexibility index (Phi) is 12.8. The van der Waals surface area contributed by atoms with Crippen molar-refractivity contribution in [3.63, 3.8) is 0 Å². The molecule has 0 aromatic carbocycles. The zero-order chi connectivity index (χ0) is 9.11. The van der Waals surface area contributed by atoms with Crippen LogP contribution < -0.4 is 0 Å². The molecule has 0 aliphatic heterocycles. The van der Waals surface area contributed by atoms with Gasteiger partial charge < -0.3 is 14.8 Å². The van der Waals surface area contributed by atoms with Gasteiger partial charge in [-0.25, -0.2) is 0 Å². The molecule has 0 radical (unpaired) electrons. The van der Waals surface area contributed by atoms with Gasteiger partial charge in [-0.2, -0.15) is 0 Å². The normalized spacial score (nSPS) is 10.3. The summed E-state index contributed by atoms with van der Waals surface area (Å²) in [6, 6.07) is 0. The summed E-state index contributed by atoms with van der Waals surface area (Å²) in [4.78, 5) is 13.1. The van der Waals surface area contributed by atoms with Crippen molar-refractivity contribution in [3.8, 4) is 0 Å². The Morgan fingerprint density at radius 1 is 1.64 bits per heavy atom. The van der Waals surface area contributed by atoms with Crippen molar-refractivity contribution < 1.29 is 14.8 Å². The molecule has 5 heteroatoms. The smallest absolute Gasteiger partial charge is 0.116 e. The summed E-state index contributed by atoms with van der Waals surface area (Å²) in [7, 11) is 1.43. The molecule has 64 valence electrons. The maximum absolute atomic E-state index is 8.81. The van der Waals surface area contributed by atoms with E-state index < -0.39 is 0 Å². The first-order valence-electron chi connectivity index (χ1n) is 2.87. The highest BCUT2D eigenvalue weighted by molar-refractivity contribution is 6.29. The van der Waals surface area contributed by atoms with Crippen molar-refractivity contribution in [1.82, 2.24) is 0 Å². The molecule has 0 aliphatic rings. The second-order valence-corrected chi connectivity index (χ2v) is 1.40. The first-order valence-corrected chi connectivity index (χ1v) is 2.87. The van der Waals surface area contributed by atoms with Gasteiger partial charge in [-0.15, -0.1) is 0 Å². The second kappa shape index (κ2) is 11.4. The molecule has 0 heterocycles. The van der Waals surface area contributed by atoms with Crippen molar-refractivity contribution in [2.45, 2.75) is 13.8 Å². The molecular weight excluding hydrogens is 148 g/mol. The number of carbonyl (C=O) groups is 1. The van der Waals surface area contributed by atoms with E-state index in [9.17, 15) is 0 Å². The van der Waals surface area contributed by atoms with Crippen LogP contribution in [0.1, 0.15) is 13.8 Å². The predicted molar refractivity (Wildman–Crippen MR) is 42.1 cm³/mol. The summed E-state index contributed by atoms with van der Waals surface area (Å²) >= 11 is 0. The lowest BCUT2D eigenvalue weighted by molar-refractivity contribution is -0.106. The molecule has 0 fully saturated rings. The van der Waals surface area contributed by atoms with Crippen LogP contribution in [-0.2, 0) is 9.63 Å². The number of hydrogen-bond donors (Lipinski definition) is 1. The fraction of sp³-hybridized carbons (Fsp3) is 0.500. The minimum absolute atomic E-state index is 0.523. The van der Waals surface area contributed by atoms with Gasteiger partial charge in [0.1, 0.15) is 13.4 Å². The van der Waals surface area contributed by atoms with E-state index in [1.54, 1.807) is 6.92 Å². The first kappa shape index (κ1) is 12.3. The number of oxime groups is 2. The Morgan fingerprint density at radius 2 is 2.09 bits per heavy atom. The van der Waals surface area contributed by atoms with Crippen molar-refractivity contribution in [2.24, 2.45) is 10.3 Å². The van der Waals surface area contributed by atoms with Gasteiger partial charge in [-0.05, 0) is 13.8 Å². The van der Waals surface area contributed by atoms with Crippen molar-refractivity contribution in [3.05, 3.63) is 0 Å². The average molecular weight is 160 g/mol. The molecule has 0 amide bonds. The van der Waals surface area contributed by atoms with Crippen LogP contribution >= 0.6 is 0 Å². The molecule has 0 atom stereocenters. The lowest BCUT2D eigenvalue weighted by Crippen LogP contribution is -1.91. The Labute approximate surface area is 65.3 Å². The number of hydrogen-bond acceptors (Lipinski definition) is 5. The third-order valence-electron chi connectivity index (χ3n) is 0.480. The van der Waals surface area contributed by atoms with Crippen molar-refractivity contribution in [1.29, 1.82) is 0 Å². The molecule has 0 saturated heterocycles. The largest absolute Gasteiger partial charge is 0.411 e. The SMILES string of the molecule is CC=O.CON=C(C)C=NO. The molecule has 0 saturated carbocycles. The third kappa shape index (κ3) is 17.7. The Bertz CT molecular complexity index is 143. The number of aldehydes is 1. The molecule has 0 aromatic rings. The second-order valence-electron chi connectivity index (χ2n) is 1.40. The quantitative estimate of drug-likeness (QED) is 0.279. The van der Waals surface area contributed by atoms with E-state index in [0.717, 1.165) is 6.29 Å². The molecule has 1 N–H and O–H groups in total. The summed E-state index contributed by atoms with van der Waals surface area (Å²) in [5.74, 6) is 0. The highest BCUT2D eigenvalue weighted by atomic mass is 16.6. The summed E-state index contributed by atoms with van der Waals surface area (Å²) in [6.45, 7) is 3.10. The van der Waals surface area contributed by atoms with E-state index in [1.807, 2.05) is 0 Å². The minimum atomic E-state index is 0.523. The molecule has 0 aliphatic carbocycles. The zero-order valence-electron chi connectivity index (χ0n) is 6.81. The van der Waals surface area contributed by atoms with Gasteiger partial charge in [-0.3, -0.25) is 0 Å². The minimum Gasteiger partial charge on any atom is -0.411 e. The number of nitrogens with zero attached hydrogens (tertiary/aromatic N) is 2. The molecule has 0 rings (SSSR count). The predicted octanol–water partition coefficient (Wildman–Crippen LogP) is 0.674. The Hall–Kier alpha value is -1.39. The van der Waals surface area contributed by atoms with E-state index >= 15 is 0 Å². The van der Waals surface area contributed by atoms with E-state index in [0.29, 0.717) is 5.71 Å². The number of rotatable bonds is 2. The fourth-order valence-corrected chi connectivity index (χ4v) is 0.251. The summed E-state index contributed by atoms with van der Waals surface area (Å²) < 4.78 is 0. The molecule has 0 bridgehead atoms. The van der Waals surface area contributed by atoms with Gasteiger partial charge in [0.15, 0.2) is 0 Å². The van der Waals surface area contributed by atoms with E-state index in [-0.39, 0.29) is 0 Å². The highest BCUT2D eigenvalue weighted by Gasteiger charge is 1.79. The number of carbonyl (C=O) groups excluding carboxylic acids is 1. The van der Waals surface area contributed by atoms with Crippen LogP contribution in [-0.4, -0.2) is 30.5 Å². The summed E-state index contributed by atoms with van der Waals surface area (Å²) in [5.41, 5.74) is 0.523. The van der Waals surface area contributed by atoms with Gasteiger partial charge in [-0.1, -0.05) is 10.3 Å². The van der Waals surface area contributed by atoms with Crippen LogP contribution in [0.5, 0.6) is 0 Å². The van der Waals surface area contributed by atoms with Gasteiger partial charge >= 0.3 is 0 Å². The van der Waals surface area contributed by atoms with E-state index in [4.69, 9.17) is 10.0 Å². The third-order valence-corrected chi connectivity index (χ3v) is 0.480. The molecular formula is C6H12N2O3. The van der Waals surface area contributed by atoms with Crippen LogP contribution in [0.25, 0.3) is 0 Å². The van der Waals surface area contributed by atoms with Gasteiger partial charge in [0.05, 0.1) is 11.9 Å². The van der Waals surface area contributed by atoms with Crippen molar-refractivity contribution >= 4 is 18.2 Å². The average Bonchev–Trinajstić information content (AvgIpc) is 1.90. The topological polar surface area (TPSA) is 71.2 Å². The van der Waals surface area contributed by atoms with E-state index in [2.05, 4.69) is 15.1 Å². The fourth-order valence-electron chi connectivity index (χ4n) is 0.251. The molecule has 11 heavy (non-hydrogen) atoms. The standard InChI is InChI=1S/C4H8N2O2.C2H4O/c1-4(3-5-7)6-8-2;1-2-3/h3,7H,1-2H3;2H,1H3. The monoisotopic (exact) mass is 160 g/mol. The highest BCUT2D eigenvalue weighted by Crippen LogP contribution is 1.71. The molecule has 0 spiro atoms. The maximum atomic E-state index is 8.81. The molecule has 5 nitrogen and oxygen atoms in total. The lowest BCUT2D eigenvalue weighted by atomic mass is 10.5. The first-order chi connectivity index (χ1) is 5.22. The maximum Gasteiger partial charge on any atom is 0.116 e. The van der Waals surface area contributed by atoms with Gasteiger partial charge in [0.2, 0.25) is 0 Å². The van der Waals surface area contributed by atoms with Crippen LogP contribution in [0.3, 0.4) is 0 Å². The zero-order valence-corrected chi connectivity index (χ0v) is 6.81. The summed E-state index contributed by atoms with van der Waals surface area (Å²) in [5, 5.41) is 14.0. The molecule has 0 aromatic heterocycles. The van der Waals surface area contributed by atoms with Gasteiger partial charge in [0.25, 0.3) is 0 Å².